The van der Waals surface area contributed by atoms with Crippen molar-refractivity contribution in [2.24, 2.45) is 5.92 Å². The second-order valence-corrected chi connectivity index (χ2v) is 5.84. The minimum atomic E-state index is -0.111. The van der Waals surface area contributed by atoms with Gasteiger partial charge in [0.05, 0.1) is 0 Å². The van der Waals surface area contributed by atoms with Gasteiger partial charge in [0, 0.05) is 25.6 Å². The maximum absolute atomic E-state index is 11.9. The monoisotopic (exact) mass is 326 g/mol. The largest absolute Gasteiger partial charge is 0.485 e. The summed E-state index contributed by atoms with van der Waals surface area (Å²) in [7, 11) is 0. The van der Waals surface area contributed by atoms with Gasteiger partial charge in [-0.25, -0.2) is 0 Å². The quantitative estimate of drug-likeness (QED) is 0.779. The van der Waals surface area contributed by atoms with Crippen LogP contribution >= 0.6 is 0 Å². The molecule has 0 bridgehead atoms. The zero-order chi connectivity index (χ0) is 16.6. The fourth-order valence-corrected chi connectivity index (χ4v) is 2.37. The molecule has 1 aliphatic rings. The van der Waals surface area contributed by atoms with Crippen molar-refractivity contribution in [3.63, 3.8) is 0 Å². The molecule has 126 valence electrons. The lowest BCUT2D eigenvalue weighted by atomic mass is 10.0. The van der Waals surface area contributed by atoms with Crippen LogP contribution in [0.2, 0.25) is 0 Å². The summed E-state index contributed by atoms with van der Waals surface area (Å²) in [6.07, 6.45) is 0. The molecule has 0 unspecified atom stereocenters. The smallest absolute Gasteiger partial charge is 0.257 e. The van der Waals surface area contributed by atoms with Gasteiger partial charge in [-0.1, -0.05) is 42.5 Å². The van der Waals surface area contributed by atoms with Gasteiger partial charge in [-0.15, -0.1) is 0 Å². The molecule has 0 aliphatic carbocycles. The van der Waals surface area contributed by atoms with E-state index in [1.54, 1.807) is 0 Å². The Kier molecular flexibility index (Phi) is 5.69. The lowest BCUT2D eigenvalue weighted by molar-refractivity contribution is -0.123. The highest BCUT2D eigenvalue weighted by molar-refractivity contribution is 5.77. The number of amides is 1. The highest BCUT2D eigenvalue weighted by Crippen LogP contribution is 2.27. The van der Waals surface area contributed by atoms with Crippen LogP contribution in [0, 0.1) is 5.92 Å². The first-order valence-electron chi connectivity index (χ1n) is 8.17. The number of rotatable bonds is 8. The summed E-state index contributed by atoms with van der Waals surface area (Å²) in [6.45, 7) is 3.09. The van der Waals surface area contributed by atoms with E-state index in [1.807, 2.05) is 54.6 Å². The van der Waals surface area contributed by atoms with E-state index in [-0.39, 0.29) is 12.5 Å². The molecule has 1 fully saturated rings. The number of carbonyl (C=O) groups is 1. The molecule has 1 heterocycles. The van der Waals surface area contributed by atoms with Crippen molar-refractivity contribution in [3.05, 3.63) is 60.2 Å². The summed E-state index contributed by atoms with van der Waals surface area (Å²) >= 11 is 0. The van der Waals surface area contributed by atoms with Crippen molar-refractivity contribution in [1.29, 1.82) is 0 Å². The van der Waals surface area contributed by atoms with Gasteiger partial charge in [0.2, 0.25) is 0 Å². The van der Waals surface area contributed by atoms with Gasteiger partial charge in [0.15, 0.2) is 18.1 Å². The molecule has 3 rings (SSSR count). The SMILES string of the molecule is O=C(COc1ccccc1OCc1ccccc1)NCC1CNC1. The van der Waals surface area contributed by atoms with Crippen LogP contribution in [0.1, 0.15) is 5.56 Å². The fourth-order valence-electron chi connectivity index (χ4n) is 2.37. The molecule has 2 N–H and O–H groups in total. The van der Waals surface area contributed by atoms with E-state index in [1.165, 1.54) is 0 Å². The maximum Gasteiger partial charge on any atom is 0.257 e. The van der Waals surface area contributed by atoms with E-state index in [9.17, 15) is 4.79 Å². The van der Waals surface area contributed by atoms with Crippen LogP contribution in [0.3, 0.4) is 0 Å². The minimum Gasteiger partial charge on any atom is -0.485 e. The van der Waals surface area contributed by atoms with E-state index in [0.717, 1.165) is 18.7 Å². The second-order valence-electron chi connectivity index (χ2n) is 5.84. The number of carbonyl (C=O) groups excluding carboxylic acids is 1. The van der Waals surface area contributed by atoms with Crippen molar-refractivity contribution in [3.8, 4) is 11.5 Å². The molecule has 0 atom stereocenters. The standard InChI is InChI=1S/C19H22N2O3/c22-19(21-12-16-10-20-11-16)14-24-18-9-5-4-8-17(18)23-13-15-6-2-1-3-7-15/h1-9,16,20H,10-14H2,(H,21,22). The Balaban J connectivity index is 1.48. The molecular formula is C19H22N2O3. The van der Waals surface area contributed by atoms with Gasteiger partial charge in [0.1, 0.15) is 6.61 Å². The summed E-state index contributed by atoms with van der Waals surface area (Å²) in [6, 6.07) is 17.3. The third kappa shape index (κ3) is 4.73. The second kappa shape index (κ2) is 8.36. The van der Waals surface area contributed by atoms with Gasteiger partial charge >= 0.3 is 0 Å². The Labute approximate surface area is 142 Å². The highest BCUT2D eigenvalue weighted by Gasteiger charge is 2.17. The van der Waals surface area contributed by atoms with Gasteiger partial charge in [-0.2, -0.15) is 0 Å². The van der Waals surface area contributed by atoms with Crippen molar-refractivity contribution in [1.82, 2.24) is 10.6 Å². The third-order valence-corrected chi connectivity index (χ3v) is 3.90. The van der Waals surface area contributed by atoms with Gasteiger partial charge in [-0.05, 0) is 17.7 Å². The Bertz CT molecular complexity index is 657. The highest BCUT2D eigenvalue weighted by atomic mass is 16.5. The average Bonchev–Trinajstić information content (AvgIpc) is 2.58. The Morgan fingerprint density at radius 3 is 2.33 bits per heavy atom. The minimum absolute atomic E-state index is 0.00808. The molecule has 5 heteroatoms. The molecule has 2 aromatic carbocycles. The van der Waals surface area contributed by atoms with Crippen LogP contribution in [-0.2, 0) is 11.4 Å². The summed E-state index contributed by atoms with van der Waals surface area (Å²) in [5.41, 5.74) is 1.08. The average molecular weight is 326 g/mol. The molecule has 2 aromatic rings. The normalized spacial score (nSPS) is 13.8. The molecule has 0 saturated carbocycles. The number of hydrogen-bond acceptors (Lipinski definition) is 4. The number of benzene rings is 2. The van der Waals surface area contributed by atoms with Crippen molar-refractivity contribution >= 4 is 5.91 Å². The zero-order valence-corrected chi connectivity index (χ0v) is 13.5. The molecule has 5 nitrogen and oxygen atoms in total. The van der Waals surface area contributed by atoms with E-state index in [4.69, 9.17) is 9.47 Å². The summed E-state index contributed by atoms with van der Waals surface area (Å²) in [5, 5.41) is 6.07. The van der Waals surface area contributed by atoms with Crippen molar-refractivity contribution in [2.45, 2.75) is 6.61 Å². The molecule has 0 radical (unpaired) electrons. The van der Waals surface area contributed by atoms with Crippen molar-refractivity contribution in [2.75, 3.05) is 26.2 Å². The predicted molar refractivity (Wildman–Crippen MR) is 92.1 cm³/mol. The maximum atomic E-state index is 11.9. The summed E-state index contributed by atoms with van der Waals surface area (Å²) in [5.74, 6) is 1.64. The van der Waals surface area contributed by atoms with Crippen molar-refractivity contribution < 1.29 is 14.3 Å². The lowest BCUT2D eigenvalue weighted by Crippen LogP contribution is -2.48. The first kappa shape index (κ1) is 16.3. The number of nitrogens with one attached hydrogen (secondary N) is 2. The van der Waals surface area contributed by atoms with Gasteiger partial charge < -0.3 is 20.1 Å². The van der Waals surface area contributed by atoms with Crippen LogP contribution in [0.25, 0.3) is 0 Å². The van der Waals surface area contributed by atoms with E-state index in [2.05, 4.69) is 10.6 Å². The van der Waals surface area contributed by atoms with E-state index >= 15 is 0 Å². The predicted octanol–water partition coefficient (Wildman–Crippen LogP) is 1.98. The summed E-state index contributed by atoms with van der Waals surface area (Å²) in [4.78, 5) is 11.9. The fraction of sp³-hybridized carbons (Fsp3) is 0.316. The molecule has 1 aliphatic heterocycles. The molecule has 0 aromatic heterocycles. The Morgan fingerprint density at radius 2 is 1.67 bits per heavy atom. The third-order valence-electron chi connectivity index (χ3n) is 3.90. The lowest BCUT2D eigenvalue weighted by Gasteiger charge is -2.27. The molecule has 1 saturated heterocycles. The Morgan fingerprint density at radius 1 is 1.00 bits per heavy atom. The molecule has 0 spiro atoms. The van der Waals surface area contributed by atoms with Crippen LogP contribution in [0.5, 0.6) is 11.5 Å². The van der Waals surface area contributed by atoms with Crippen LogP contribution < -0.4 is 20.1 Å². The van der Waals surface area contributed by atoms with Gasteiger partial charge in [-0.3, -0.25) is 4.79 Å². The number of ether oxygens (including phenoxy) is 2. The molecular weight excluding hydrogens is 304 g/mol. The van der Waals surface area contributed by atoms with Crippen LogP contribution in [-0.4, -0.2) is 32.1 Å². The number of para-hydroxylation sites is 2. The van der Waals surface area contributed by atoms with Crippen LogP contribution in [0.4, 0.5) is 0 Å². The van der Waals surface area contributed by atoms with E-state index < -0.39 is 0 Å². The first-order valence-corrected chi connectivity index (χ1v) is 8.17. The topological polar surface area (TPSA) is 59.6 Å². The van der Waals surface area contributed by atoms with Crippen LogP contribution in [0.15, 0.2) is 54.6 Å². The number of hydrogen-bond donors (Lipinski definition) is 2. The zero-order valence-electron chi connectivity index (χ0n) is 13.5. The summed E-state index contributed by atoms with van der Waals surface area (Å²) < 4.78 is 11.4. The first-order chi connectivity index (χ1) is 11.8. The van der Waals surface area contributed by atoms with E-state index in [0.29, 0.717) is 30.6 Å². The Hall–Kier alpha value is -2.53. The van der Waals surface area contributed by atoms with Gasteiger partial charge in [0.25, 0.3) is 5.91 Å². The molecule has 1 amide bonds. The molecule has 24 heavy (non-hydrogen) atoms.